The highest BCUT2D eigenvalue weighted by molar-refractivity contribution is 7.80. The summed E-state index contributed by atoms with van der Waals surface area (Å²) in [5.41, 5.74) is -5.81. The minimum absolute atomic E-state index is 0.149. The van der Waals surface area contributed by atoms with Gasteiger partial charge in [0, 0.05) is 22.2 Å². The predicted octanol–water partition coefficient (Wildman–Crippen LogP) is -2.53. The zero-order valence-corrected chi connectivity index (χ0v) is 42.4. The van der Waals surface area contributed by atoms with Gasteiger partial charge >= 0.3 is 16.4 Å². The summed E-state index contributed by atoms with van der Waals surface area (Å²) >= 11 is 0. The van der Waals surface area contributed by atoms with Crippen LogP contribution in [0.25, 0.3) is 0 Å². The standard InChI is InChI=1S/C48H76O24S/c1-21-29(54)36(70-39-34(59)32(57)35(23(17-50)68-39)72-73(62,63)64)37(71-38-33(58)31(56)30(55)22(16-49)67-38)40(66-21)69-28-8-9-42(2)24(43(28,3)18-51)6-10-44(4)25(42)7-11-48-26-14-46(19-52,41(60)61)12-13-47(26,20-65-48)27(53)15-45(44,48)5/h7,11,21-40,49-59H,6,8-10,12-20H2,1-5H3,(H,60,61)(H,62,63,64)/t21-,22-,23-,24+,25+,26-,27+,28+,29+,30-,31+,32-,33-,34-,35-,36+,37-,38+,39+,40+,42+,43+,44-,45+,46+,47-,48+/m1/s1. The second kappa shape index (κ2) is 19.3. The van der Waals surface area contributed by atoms with Gasteiger partial charge in [0.05, 0.1) is 62.4 Å². The number of aliphatic hydroxyl groups is 11. The molecule has 1 spiro atoms. The molecule has 4 aliphatic heterocycles. The third kappa shape index (κ3) is 8.27. The topological polar surface area (TPSA) is 388 Å². The summed E-state index contributed by atoms with van der Waals surface area (Å²) < 4.78 is 81.0. The highest BCUT2D eigenvalue weighted by atomic mass is 32.3. The van der Waals surface area contributed by atoms with Crippen molar-refractivity contribution in [3.63, 3.8) is 0 Å². The molecule has 8 fully saturated rings. The van der Waals surface area contributed by atoms with Gasteiger partial charge in [-0.1, -0.05) is 39.8 Å². The van der Waals surface area contributed by atoms with Crippen molar-refractivity contribution in [1.82, 2.24) is 0 Å². The summed E-state index contributed by atoms with van der Waals surface area (Å²) in [6, 6.07) is 0. The second-order valence-corrected chi connectivity index (χ2v) is 24.9. The highest BCUT2D eigenvalue weighted by Crippen LogP contribution is 2.79. The SMILES string of the molecule is C[C@H]1O[C@@H](O[C@H]2CC[C@@]3(C)[C@H](CC[C@]4(C)[C@H]3C=C[C@]35OC[C@@]6(CC[C@](CO)(C(=O)O)C[C@H]63)[C@@H](O)C[C@]54C)[C@]2(C)CO)[C@H](O[C@@H]2O[C@H](CO)[C@@H](O)[C@H](O)[C@H]2O)[C@@H](O[C@@H]2O[C@H](CO)[C@@H](OS(=O)(=O)O)[C@H](O)[C@H]2O)[C@H]1O. The number of hydrogen-bond acceptors (Lipinski definition) is 22. The molecule has 4 saturated heterocycles. The van der Waals surface area contributed by atoms with E-state index in [2.05, 4.69) is 37.1 Å². The number of ether oxygens (including phenoxy) is 7. The Balaban J connectivity index is 1.03. The molecule has 0 aromatic carbocycles. The molecule has 4 heterocycles. The Labute approximate surface area is 423 Å². The fourth-order valence-electron chi connectivity index (χ4n) is 16.1. The Morgan fingerprint density at radius 1 is 0.685 bits per heavy atom. The highest BCUT2D eigenvalue weighted by Gasteiger charge is 2.80. The quantitative estimate of drug-likeness (QED) is 0.0514. The Hall–Kier alpha value is -1.64. The largest absolute Gasteiger partial charge is 0.481 e. The fourth-order valence-corrected chi connectivity index (χ4v) is 16.7. The van der Waals surface area contributed by atoms with Gasteiger partial charge in [-0.25, -0.2) is 4.18 Å². The van der Waals surface area contributed by atoms with E-state index in [0.29, 0.717) is 38.5 Å². The first-order valence-corrected chi connectivity index (χ1v) is 26.8. The molecule has 25 heteroatoms. The maximum Gasteiger partial charge on any atom is 0.397 e. The van der Waals surface area contributed by atoms with Crippen LogP contribution in [0.1, 0.15) is 86.0 Å². The molecule has 0 amide bonds. The summed E-state index contributed by atoms with van der Waals surface area (Å²) in [6.07, 6.45) is -21.4. The number of carboxylic acid groups (broad SMARTS) is 1. The number of aliphatic carboxylic acids is 1. The number of rotatable bonds is 13. The van der Waals surface area contributed by atoms with Crippen molar-refractivity contribution < 1.29 is 116 Å². The van der Waals surface area contributed by atoms with Crippen LogP contribution in [0, 0.1) is 50.2 Å². The lowest BCUT2D eigenvalue weighted by Crippen LogP contribution is -2.73. The Bertz CT molecular complexity index is 2190. The Kier molecular flexibility index (Phi) is 14.8. The third-order valence-electron chi connectivity index (χ3n) is 20.6. The Morgan fingerprint density at radius 3 is 1.95 bits per heavy atom. The Morgan fingerprint density at radius 2 is 1.33 bits per heavy atom. The average Bonchev–Trinajstić information content (AvgIpc) is 3.63. The molecule has 9 aliphatic rings. The molecule has 418 valence electrons. The molecule has 27 atom stereocenters. The van der Waals surface area contributed by atoms with E-state index in [1.807, 2.05) is 6.92 Å². The van der Waals surface area contributed by atoms with Crippen LogP contribution in [-0.2, 0) is 52.5 Å². The van der Waals surface area contributed by atoms with Crippen molar-refractivity contribution in [3.8, 4) is 0 Å². The van der Waals surface area contributed by atoms with Crippen LogP contribution in [0.2, 0.25) is 0 Å². The zero-order chi connectivity index (χ0) is 53.4. The maximum atomic E-state index is 12.8. The van der Waals surface area contributed by atoms with Gasteiger partial charge in [-0.05, 0) is 81.0 Å². The van der Waals surface area contributed by atoms with Crippen LogP contribution in [-0.4, -0.2) is 223 Å². The van der Waals surface area contributed by atoms with Gasteiger partial charge in [0.1, 0.15) is 67.1 Å². The van der Waals surface area contributed by atoms with Gasteiger partial charge in [0.25, 0.3) is 0 Å². The third-order valence-corrected chi connectivity index (χ3v) is 21.1. The maximum absolute atomic E-state index is 12.8. The lowest BCUT2D eigenvalue weighted by atomic mass is 9.32. The van der Waals surface area contributed by atoms with E-state index in [4.69, 9.17) is 33.2 Å². The second-order valence-electron chi connectivity index (χ2n) is 23.8. The van der Waals surface area contributed by atoms with Crippen molar-refractivity contribution in [2.45, 2.75) is 196 Å². The van der Waals surface area contributed by atoms with Crippen LogP contribution in [0.3, 0.4) is 0 Å². The number of hydrogen-bond donors (Lipinski definition) is 13. The molecule has 4 saturated carbocycles. The molecule has 13 N–H and O–H groups in total. The molecular formula is C48H76O24S. The van der Waals surface area contributed by atoms with E-state index >= 15 is 0 Å². The summed E-state index contributed by atoms with van der Waals surface area (Å²) in [5.74, 6) is -1.86. The van der Waals surface area contributed by atoms with E-state index in [1.165, 1.54) is 6.92 Å². The summed E-state index contributed by atoms with van der Waals surface area (Å²) in [5, 5.41) is 132. The molecule has 0 unspecified atom stereocenters. The summed E-state index contributed by atoms with van der Waals surface area (Å²) in [7, 11) is -5.25. The van der Waals surface area contributed by atoms with Gasteiger partial charge in [-0.15, -0.1) is 0 Å². The summed E-state index contributed by atoms with van der Waals surface area (Å²) in [4.78, 5) is 12.8. The van der Waals surface area contributed by atoms with Crippen LogP contribution in [0.5, 0.6) is 0 Å². The molecule has 73 heavy (non-hydrogen) atoms. The molecule has 0 aromatic rings. The van der Waals surface area contributed by atoms with Gasteiger partial charge in [-0.2, -0.15) is 8.42 Å². The lowest BCUT2D eigenvalue weighted by molar-refractivity contribution is -0.397. The first-order chi connectivity index (χ1) is 34.1. The van der Waals surface area contributed by atoms with Gasteiger partial charge in [-0.3, -0.25) is 9.35 Å². The lowest BCUT2D eigenvalue weighted by Gasteiger charge is -2.73. The normalized spacial score (nSPS) is 55.7. The molecule has 24 nitrogen and oxygen atoms in total. The van der Waals surface area contributed by atoms with Crippen molar-refractivity contribution in [1.29, 1.82) is 0 Å². The van der Waals surface area contributed by atoms with Crippen molar-refractivity contribution in [3.05, 3.63) is 12.2 Å². The van der Waals surface area contributed by atoms with Crippen LogP contribution >= 0.6 is 0 Å². The molecule has 9 rings (SSSR count). The summed E-state index contributed by atoms with van der Waals surface area (Å²) in [6.45, 7) is 7.39. The van der Waals surface area contributed by atoms with Crippen LogP contribution in [0.4, 0.5) is 0 Å². The molecule has 2 bridgehead atoms. The van der Waals surface area contributed by atoms with E-state index in [9.17, 15) is 79.0 Å². The number of fused-ring (bicyclic) bond motifs is 4. The molecule has 5 aliphatic carbocycles. The van der Waals surface area contributed by atoms with E-state index < -0.39 is 185 Å². The minimum atomic E-state index is -5.25. The number of carboxylic acids is 1. The van der Waals surface area contributed by atoms with Gasteiger partial charge in [0.2, 0.25) is 0 Å². The van der Waals surface area contributed by atoms with Crippen molar-refractivity contribution in [2.24, 2.45) is 50.2 Å². The van der Waals surface area contributed by atoms with Crippen molar-refractivity contribution >= 4 is 16.4 Å². The number of aliphatic hydroxyl groups excluding tert-OH is 11. The first kappa shape index (κ1) is 56.1. The van der Waals surface area contributed by atoms with Crippen molar-refractivity contribution in [2.75, 3.05) is 33.0 Å². The van der Waals surface area contributed by atoms with Gasteiger partial charge in [0.15, 0.2) is 18.9 Å². The van der Waals surface area contributed by atoms with E-state index in [1.54, 1.807) is 0 Å². The first-order valence-electron chi connectivity index (χ1n) is 25.5. The fraction of sp³-hybridized carbons (Fsp3) is 0.938. The van der Waals surface area contributed by atoms with E-state index in [0.717, 1.165) is 0 Å². The minimum Gasteiger partial charge on any atom is -0.481 e. The van der Waals surface area contributed by atoms with E-state index in [-0.39, 0.29) is 37.2 Å². The smallest absolute Gasteiger partial charge is 0.397 e. The molecular weight excluding hydrogens is 993 g/mol. The molecule has 0 aromatic heterocycles. The number of carbonyl (C=O) groups is 1. The average molecular weight is 1070 g/mol. The molecule has 0 radical (unpaired) electrons. The van der Waals surface area contributed by atoms with Crippen LogP contribution in [0.15, 0.2) is 12.2 Å². The number of allylic oxidation sites excluding steroid dienone is 1. The predicted molar refractivity (Wildman–Crippen MR) is 243 cm³/mol. The van der Waals surface area contributed by atoms with Crippen LogP contribution < -0.4 is 0 Å². The zero-order valence-electron chi connectivity index (χ0n) is 41.6. The van der Waals surface area contributed by atoms with Gasteiger partial charge < -0.3 is 94.4 Å². The monoisotopic (exact) mass is 1070 g/mol.